The number of nitrogens with one attached hydrogen (secondary N) is 1. The second-order valence-corrected chi connectivity index (χ2v) is 9.45. The molecule has 2 aliphatic heterocycles. The highest BCUT2D eigenvalue weighted by molar-refractivity contribution is 6.05. The lowest BCUT2D eigenvalue weighted by atomic mass is 9.92. The smallest absolute Gasteiger partial charge is 0.257 e. The number of rotatable bonds is 6. The zero-order valence-electron chi connectivity index (χ0n) is 19.1. The summed E-state index contributed by atoms with van der Waals surface area (Å²) in [6.45, 7) is 0.730. The molecule has 1 atom stereocenters. The number of hydrogen-bond donors (Lipinski definition) is 1. The quantitative estimate of drug-likeness (QED) is 0.559. The lowest BCUT2D eigenvalue weighted by Gasteiger charge is -2.22. The van der Waals surface area contributed by atoms with Gasteiger partial charge in [0, 0.05) is 36.7 Å². The van der Waals surface area contributed by atoms with Gasteiger partial charge in [0.25, 0.3) is 5.91 Å². The first-order valence-electron chi connectivity index (χ1n) is 11.9. The minimum atomic E-state index is -0.555. The van der Waals surface area contributed by atoms with Crippen molar-refractivity contribution in [1.29, 1.82) is 0 Å². The number of carbonyl (C=O) groups excluding carboxylic acids is 2. The molecule has 1 N–H and O–H groups in total. The third kappa shape index (κ3) is 4.20. The van der Waals surface area contributed by atoms with E-state index in [1.807, 2.05) is 24.3 Å². The molecule has 7 nitrogen and oxygen atoms in total. The fourth-order valence-corrected chi connectivity index (χ4v) is 4.77. The molecule has 3 heterocycles. The van der Waals surface area contributed by atoms with Gasteiger partial charge in [-0.05, 0) is 42.0 Å². The third-order valence-corrected chi connectivity index (χ3v) is 6.88. The van der Waals surface area contributed by atoms with E-state index >= 15 is 0 Å². The van der Waals surface area contributed by atoms with E-state index in [1.54, 1.807) is 23.2 Å². The number of amides is 1. The average Bonchev–Trinajstić information content (AvgIpc) is 3.59. The predicted octanol–water partition coefficient (Wildman–Crippen LogP) is 3.51. The van der Waals surface area contributed by atoms with E-state index in [2.05, 4.69) is 20.5 Å². The largest absolute Gasteiger partial charge is 0.328 e. The molecule has 2 aromatic carbocycles. The van der Waals surface area contributed by atoms with Crippen LogP contribution in [0.4, 0.5) is 4.39 Å². The molecule has 1 amide bonds. The number of hydrogen-bond acceptors (Lipinski definition) is 6. The van der Waals surface area contributed by atoms with Crippen LogP contribution in [0, 0.1) is 11.7 Å². The standard InChI is InChI=1S/C27H24FN5O2/c28-22-8-7-17(10-23-19-3-1-2-4-20(19)25(15-34)32-31-23)9-21(22)27(35)33-13-18-12-29-26(11-16-5-6-16)30-24(18)14-33/h1-4,7-9,12,15-16,25,32H,5-6,10-11,13-14H2. The molecule has 0 radical (unpaired) electrons. The van der Waals surface area contributed by atoms with Crippen molar-refractivity contribution in [2.45, 2.75) is 44.8 Å². The van der Waals surface area contributed by atoms with E-state index in [1.165, 1.54) is 18.9 Å². The molecular formula is C27H24FN5O2. The van der Waals surface area contributed by atoms with Crippen molar-refractivity contribution in [1.82, 2.24) is 20.3 Å². The molecule has 1 fully saturated rings. The zero-order valence-corrected chi connectivity index (χ0v) is 19.1. The summed E-state index contributed by atoms with van der Waals surface area (Å²) in [5, 5.41) is 4.38. The van der Waals surface area contributed by atoms with Gasteiger partial charge in [-0.15, -0.1) is 0 Å². The van der Waals surface area contributed by atoms with E-state index in [0.29, 0.717) is 25.4 Å². The molecule has 35 heavy (non-hydrogen) atoms. The minimum Gasteiger partial charge on any atom is -0.328 e. The summed E-state index contributed by atoms with van der Waals surface area (Å²) in [6, 6.07) is 11.7. The summed E-state index contributed by atoms with van der Waals surface area (Å²) in [5.74, 6) is 0.591. The zero-order chi connectivity index (χ0) is 23.9. The number of benzene rings is 2. The van der Waals surface area contributed by atoms with Gasteiger partial charge in [0.1, 0.15) is 24.0 Å². The predicted molar refractivity (Wildman–Crippen MR) is 127 cm³/mol. The van der Waals surface area contributed by atoms with Crippen LogP contribution >= 0.6 is 0 Å². The molecule has 8 heteroatoms. The Balaban J connectivity index is 1.21. The number of fused-ring (bicyclic) bond motifs is 2. The molecule has 1 aliphatic carbocycles. The summed E-state index contributed by atoms with van der Waals surface area (Å²) >= 11 is 0. The Morgan fingerprint density at radius 2 is 2.03 bits per heavy atom. The minimum absolute atomic E-state index is 0.0323. The molecule has 3 aromatic rings. The van der Waals surface area contributed by atoms with Gasteiger partial charge in [0.2, 0.25) is 0 Å². The first-order chi connectivity index (χ1) is 17.1. The number of hydrazone groups is 1. The number of halogens is 1. The van der Waals surface area contributed by atoms with E-state index in [4.69, 9.17) is 0 Å². The number of aldehydes is 1. The van der Waals surface area contributed by atoms with E-state index < -0.39 is 11.9 Å². The monoisotopic (exact) mass is 469 g/mol. The van der Waals surface area contributed by atoms with Crippen LogP contribution in [-0.4, -0.2) is 32.8 Å². The van der Waals surface area contributed by atoms with Crippen molar-refractivity contribution in [3.05, 3.63) is 93.8 Å². The number of aromatic nitrogens is 2. The van der Waals surface area contributed by atoms with Gasteiger partial charge >= 0.3 is 0 Å². The Morgan fingerprint density at radius 3 is 2.86 bits per heavy atom. The van der Waals surface area contributed by atoms with Crippen LogP contribution in [-0.2, 0) is 30.7 Å². The number of nitrogens with zero attached hydrogens (tertiary/aromatic N) is 4. The van der Waals surface area contributed by atoms with Crippen LogP contribution in [0.1, 0.15) is 63.0 Å². The third-order valence-electron chi connectivity index (χ3n) is 6.88. The molecule has 176 valence electrons. The second-order valence-electron chi connectivity index (χ2n) is 9.45. The van der Waals surface area contributed by atoms with Crippen LogP contribution in [0.5, 0.6) is 0 Å². The highest BCUT2D eigenvalue weighted by atomic mass is 19.1. The fraction of sp³-hybridized carbons (Fsp3) is 0.296. The van der Waals surface area contributed by atoms with Gasteiger partial charge in [-0.3, -0.25) is 10.2 Å². The summed E-state index contributed by atoms with van der Waals surface area (Å²) < 4.78 is 14.8. The second kappa shape index (κ2) is 8.69. The van der Waals surface area contributed by atoms with Gasteiger partial charge in [0.05, 0.1) is 23.5 Å². The maximum Gasteiger partial charge on any atom is 0.257 e. The van der Waals surface area contributed by atoms with Gasteiger partial charge in [0.15, 0.2) is 0 Å². The lowest BCUT2D eigenvalue weighted by molar-refractivity contribution is -0.109. The topological polar surface area (TPSA) is 87.5 Å². The van der Waals surface area contributed by atoms with E-state index in [9.17, 15) is 14.0 Å². The molecule has 1 unspecified atom stereocenters. The molecular weight excluding hydrogens is 445 g/mol. The lowest BCUT2D eigenvalue weighted by Crippen LogP contribution is -2.28. The van der Waals surface area contributed by atoms with Crippen molar-refractivity contribution in [2.75, 3.05) is 0 Å². The molecule has 3 aliphatic rings. The Labute approximate surface area is 202 Å². The Kier molecular flexibility index (Phi) is 5.36. The van der Waals surface area contributed by atoms with Gasteiger partial charge in [-0.25, -0.2) is 14.4 Å². The Morgan fingerprint density at radius 1 is 1.17 bits per heavy atom. The number of carbonyl (C=O) groups is 2. The first-order valence-corrected chi connectivity index (χ1v) is 11.9. The molecule has 0 saturated heterocycles. The fourth-order valence-electron chi connectivity index (χ4n) is 4.77. The van der Waals surface area contributed by atoms with Crippen LogP contribution in [0.2, 0.25) is 0 Å². The summed E-state index contributed by atoms with van der Waals surface area (Å²) in [7, 11) is 0. The van der Waals surface area contributed by atoms with Crippen molar-refractivity contribution >= 4 is 17.9 Å². The molecule has 1 saturated carbocycles. The molecule has 1 aromatic heterocycles. The van der Waals surface area contributed by atoms with Crippen molar-refractivity contribution in [3.63, 3.8) is 0 Å². The average molecular weight is 470 g/mol. The maximum atomic E-state index is 14.8. The highest BCUT2D eigenvalue weighted by Crippen LogP contribution is 2.32. The summed E-state index contributed by atoms with van der Waals surface area (Å²) in [6.07, 6.45) is 6.36. The van der Waals surface area contributed by atoms with E-state index in [0.717, 1.165) is 52.2 Å². The highest BCUT2D eigenvalue weighted by Gasteiger charge is 2.29. The van der Waals surface area contributed by atoms with Gasteiger partial charge < -0.3 is 9.69 Å². The summed E-state index contributed by atoms with van der Waals surface area (Å²) in [4.78, 5) is 35.4. The normalized spacial score (nSPS) is 18.4. The van der Waals surface area contributed by atoms with Crippen molar-refractivity contribution < 1.29 is 14.0 Å². The Hall–Kier alpha value is -3.94. The van der Waals surface area contributed by atoms with Crippen LogP contribution in [0.3, 0.4) is 0 Å². The molecule has 0 spiro atoms. The van der Waals surface area contributed by atoms with Crippen LogP contribution in [0.15, 0.2) is 53.8 Å². The van der Waals surface area contributed by atoms with Crippen molar-refractivity contribution in [2.24, 2.45) is 11.0 Å². The Bertz CT molecular complexity index is 1370. The van der Waals surface area contributed by atoms with E-state index in [-0.39, 0.29) is 11.5 Å². The molecule has 6 rings (SSSR count). The maximum absolute atomic E-state index is 14.8. The van der Waals surface area contributed by atoms with Crippen molar-refractivity contribution in [3.8, 4) is 0 Å². The summed E-state index contributed by atoms with van der Waals surface area (Å²) in [5.41, 5.74) is 7.89. The first kappa shape index (κ1) is 21.6. The van der Waals surface area contributed by atoms with Gasteiger partial charge in [-0.2, -0.15) is 5.10 Å². The van der Waals surface area contributed by atoms with Crippen LogP contribution in [0.25, 0.3) is 0 Å². The van der Waals surface area contributed by atoms with Gasteiger partial charge in [-0.1, -0.05) is 30.3 Å². The molecule has 0 bridgehead atoms. The SMILES string of the molecule is O=CC1NN=C(Cc2ccc(F)c(C(=O)N3Cc4cnc(CC5CC5)nc4C3)c2)c2ccccc21. The van der Waals surface area contributed by atoms with Crippen LogP contribution < -0.4 is 5.43 Å².